The second kappa shape index (κ2) is 10.6. The van der Waals surface area contributed by atoms with Crippen LogP contribution in [0.15, 0.2) is 24.3 Å². The SMILES string of the molecule is CCN1CCN(Cc2ccc(CNC(=O)CCCNC(=O)C3CC3)cc2)CC1. The zero-order valence-corrected chi connectivity index (χ0v) is 17.1. The fraction of sp³-hybridized carbons (Fsp3) is 0.636. The highest BCUT2D eigenvalue weighted by atomic mass is 16.2. The smallest absolute Gasteiger partial charge is 0.223 e. The molecule has 2 amide bonds. The molecule has 6 heteroatoms. The molecule has 2 fully saturated rings. The molecule has 0 bridgehead atoms. The number of carbonyl (C=O) groups excluding carboxylic acids is 2. The summed E-state index contributed by atoms with van der Waals surface area (Å²) in [5.41, 5.74) is 2.45. The number of nitrogens with zero attached hydrogens (tertiary/aromatic N) is 2. The van der Waals surface area contributed by atoms with Crippen LogP contribution in [0.1, 0.15) is 43.7 Å². The molecule has 154 valence electrons. The lowest BCUT2D eigenvalue weighted by Crippen LogP contribution is -2.45. The predicted octanol–water partition coefficient (Wildman–Crippen LogP) is 1.75. The van der Waals surface area contributed by atoms with Gasteiger partial charge in [-0.2, -0.15) is 0 Å². The molecule has 0 unspecified atom stereocenters. The van der Waals surface area contributed by atoms with Crippen molar-refractivity contribution in [2.45, 2.75) is 45.7 Å². The number of piperazine rings is 1. The highest BCUT2D eigenvalue weighted by Crippen LogP contribution is 2.28. The van der Waals surface area contributed by atoms with E-state index in [1.807, 2.05) is 0 Å². The highest BCUT2D eigenvalue weighted by molar-refractivity contribution is 5.81. The first-order valence-corrected chi connectivity index (χ1v) is 10.7. The van der Waals surface area contributed by atoms with Crippen LogP contribution in [0.25, 0.3) is 0 Å². The molecule has 0 radical (unpaired) electrons. The van der Waals surface area contributed by atoms with E-state index < -0.39 is 0 Å². The fourth-order valence-corrected chi connectivity index (χ4v) is 3.52. The third kappa shape index (κ3) is 6.91. The number of nitrogens with one attached hydrogen (secondary N) is 2. The quantitative estimate of drug-likeness (QED) is 0.602. The maximum absolute atomic E-state index is 12.0. The summed E-state index contributed by atoms with van der Waals surface area (Å²) in [6.07, 6.45) is 3.17. The van der Waals surface area contributed by atoms with Gasteiger partial charge in [0, 0.05) is 58.2 Å². The Bertz CT molecular complexity index is 634. The molecule has 0 atom stereocenters. The van der Waals surface area contributed by atoms with Crippen molar-refractivity contribution in [2.75, 3.05) is 39.3 Å². The molecule has 0 spiro atoms. The molecule has 1 saturated heterocycles. The Morgan fingerprint density at radius 1 is 0.964 bits per heavy atom. The minimum absolute atomic E-state index is 0.0403. The van der Waals surface area contributed by atoms with Crippen LogP contribution in [0, 0.1) is 5.92 Å². The third-order valence-electron chi connectivity index (χ3n) is 5.66. The van der Waals surface area contributed by atoms with Gasteiger partial charge in [0.15, 0.2) is 0 Å². The number of hydrogen-bond acceptors (Lipinski definition) is 4. The van der Waals surface area contributed by atoms with Crippen molar-refractivity contribution in [1.29, 1.82) is 0 Å². The third-order valence-corrected chi connectivity index (χ3v) is 5.66. The van der Waals surface area contributed by atoms with E-state index in [0.717, 1.165) is 57.7 Å². The van der Waals surface area contributed by atoms with Crippen LogP contribution in [0.2, 0.25) is 0 Å². The summed E-state index contributed by atoms with van der Waals surface area (Å²) in [5.74, 6) is 0.420. The highest BCUT2D eigenvalue weighted by Gasteiger charge is 2.28. The maximum Gasteiger partial charge on any atom is 0.223 e. The number of carbonyl (C=O) groups is 2. The van der Waals surface area contributed by atoms with Crippen molar-refractivity contribution in [3.8, 4) is 0 Å². The van der Waals surface area contributed by atoms with Crippen LogP contribution >= 0.6 is 0 Å². The van der Waals surface area contributed by atoms with Gasteiger partial charge in [-0.3, -0.25) is 14.5 Å². The van der Waals surface area contributed by atoms with E-state index in [2.05, 4.69) is 51.6 Å². The van der Waals surface area contributed by atoms with E-state index >= 15 is 0 Å². The van der Waals surface area contributed by atoms with Gasteiger partial charge in [-0.15, -0.1) is 0 Å². The van der Waals surface area contributed by atoms with E-state index in [1.54, 1.807) is 0 Å². The summed E-state index contributed by atoms with van der Waals surface area (Å²) in [5, 5.41) is 5.86. The molecule has 28 heavy (non-hydrogen) atoms. The molecule has 1 aliphatic carbocycles. The molecule has 1 aliphatic heterocycles. The summed E-state index contributed by atoms with van der Waals surface area (Å²) in [6.45, 7) is 10.1. The number of likely N-dealkylation sites (N-methyl/N-ethyl adjacent to an activating group) is 1. The minimum atomic E-state index is 0.0403. The van der Waals surface area contributed by atoms with Crippen LogP contribution in [-0.4, -0.2) is 60.9 Å². The average molecular weight is 387 g/mol. The van der Waals surface area contributed by atoms with Crippen LogP contribution in [0.5, 0.6) is 0 Å². The Labute approximate surface area is 168 Å². The monoisotopic (exact) mass is 386 g/mol. The number of benzene rings is 1. The summed E-state index contributed by atoms with van der Waals surface area (Å²) >= 11 is 0. The zero-order valence-electron chi connectivity index (χ0n) is 17.1. The molecule has 1 aromatic carbocycles. The Hall–Kier alpha value is -1.92. The van der Waals surface area contributed by atoms with Crippen LogP contribution in [0.3, 0.4) is 0 Å². The van der Waals surface area contributed by atoms with Gasteiger partial charge in [0.05, 0.1) is 0 Å². The first-order chi connectivity index (χ1) is 13.6. The van der Waals surface area contributed by atoms with Crippen LogP contribution in [-0.2, 0) is 22.7 Å². The molecular weight excluding hydrogens is 352 g/mol. The van der Waals surface area contributed by atoms with Crippen molar-refractivity contribution in [3.63, 3.8) is 0 Å². The van der Waals surface area contributed by atoms with Gasteiger partial charge >= 0.3 is 0 Å². The Kier molecular flexibility index (Phi) is 7.86. The summed E-state index contributed by atoms with van der Waals surface area (Å²) < 4.78 is 0. The number of hydrogen-bond donors (Lipinski definition) is 2. The summed E-state index contributed by atoms with van der Waals surface area (Å²) in [6, 6.07) is 8.55. The van der Waals surface area contributed by atoms with Crippen molar-refractivity contribution < 1.29 is 9.59 Å². The lowest BCUT2D eigenvalue weighted by atomic mass is 10.1. The van der Waals surface area contributed by atoms with Gasteiger partial charge in [-0.1, -0.05) is 31.2 Å². The van der Waals surface area contributed by atoms with Gasteiger partial charge < -0.3 is 15.5 Å². The van der Waals surface area contributed by atoms with Gasteiger partial charge in [-0.05, 0) is 36.9 Å². The van der Waals surface area contributed by atoms with Gasteiger partial charge in [0.25, 0.3) is 0 Å². The Morgan fingerprint density at radius 2 is 1.61 bits per heavy atom. The molecular formula is C22H34N4O2. The summed E-state index contributed by atoms with van der Waals surface area (Å²) in [4.78, 5) is 28.5. The van der Waals surface area contributed by atoms with E-state index in [-0.39, 0.29) is 17.7 Å². The van der Waals surface area contributed by atoms with Gasteiger partial charge in [0.1, 0.15) is 0 Å². The topological polar surface area (TPSA) is 64.7 Å². The lowest BCUT2D eigenvalue weighted by Gasteiger charge is -2.34. The second-order valence-electron chi connectivity index (χ2n) is 7.97. The second-order valence-corrected chi connectivity index (χ2v) is 7.97. The number of rotatable bonds is 10. The average Bonchev–Trinajstić information content (AvgIpc) is 3.56. The lowest BCUT2D eigenvalue weighted by molar-refractivity contribution is -0.123. The molecule has 2 N–H and O–H groups in total. The molecule has 1 aromatic rings. The van der Waals surface area contributed by atoms with Crippen LogP contribution in [0.4, 0.5) is 0 Å². The van der Waals surface area contributed by atoms with Crippen molar-refractivity contribution in [1.82, 2.24) is 20.4 Å². The summed E-state index contributed by atoms with van der Waals surface area (Å²) in [7, 11) is 0. The molecule has 0 aromatic heterocycles. The molecule has 1 saturated carbocycles. The first-order valence-electron chi connectivity index (χ1n) is 10.7. The van der Waals surface area contributed by atoms with E-state index in [1.165, 1.54) is 5.56 Å². The van der Waals surface area contributed by atoms with E-state index in [0.29, 0.717) is 25.9 Å². The standard InChI is InChI=1S/C22H34N4O2/c1-2-25-12-14-26(15-13-25)17-19-7-5-18(6-8-19)16-24-21(27)4-3-11-23-22(28)20-9-10-20/h5-8,20H,2-4,9-17H2,1H3,(H,23,28)(H,24,27). The Balaban J connectivity index is 1.29. The largest absolute Gasteiger partial charge is 0.356 e. The molecule has 6 nitrogen and oxygen atoms in total. The normalized spacial score (nSPS) is 18.0. The minimum Gasteiger partial charge on any atom is -0.356 e. The van der Waals surface area contributed by atoms with Crippen molar-refractivity contribution in [3.05, 3.63) is 35.4 Å². The first kappa shape index (κ1) is 20.8. The molecule has 1 heterocycles. The maximum atomic E-state index is 12.0. The van der Waals surface area contributed by atoms with Crippen molar-refractivity contribution in [2.24, 2.45) is 5.92 Å². The zero-order chi connectivity index (χ0) is 19.8. The molecule has 3 rings (SSSR count). The van der Waals surface area contributed by atoms with E-state index in [9.17, 15) is 9.59 Å². The predicted molar refractivity (Wildman–Crippen MR) is 111 cm³/mol. The van der Waals surface area contributed by atoms with Crippen molar-refractivity contribution >= 4 is 11.8 Å². The van der Waals surface area contributed by atoms with Gasteiger partial charge in [-0.25, -0.2) is 0 Å². The van der Waals surface area contributed by atoms with E-state index in [4.69, 9.17) is 0 Å². The molecule has 2 aliphatic rings. The van der Waals surface area contributed by atoms with Crippen LogP contribution < -0.4 is 10.6 Å². The fourth-order valence-electron chi connectivity index (χ4n) is 3.52. The van der Waals surface area contributed by atoms with Gasteiger partial charge in [0.2, 0.25) is 11.8 Å². The number of amides is 2. The Morgan fingerprint density at radius 3 is 2.25 bits per heavy atom.